The van der Waals surface area contributed by atoms with E-state index >= 15 is 0 Å². The summed E-state index contributed by atoms with van der Waals surface area (Å²) < 4.78 is 29.0. The third-order valence-electron chi connectivity index (χ3n) is 2.59. The molecule has 0 atom stereocenters. The van der Waals surface area contributed by atoms with Gasteiger partial charge in [-0.1, -0.05) is 0 Å². The quantitative estimate of drug-likeness (QED) is 0.602. The van der Waals surface area contributed by atoms with Gasteiger partial charge in [-0.05, 0) is 52.3 Å². The lowest BCUT2D eigenvalue weighted by Crippen LogP contribution is -2.02. The second-order valence-corrected chi connectivity index (χ2v) is 4.82. The average Bonchev–Trinajstić information content (AvgIpc) is 2.88. The van der Waals surface area contributed by atoms with Crippen molar-refractivity contribution in [2.75, 3.05) is 7.11 Å². The molecule has 6 heteroatoms. The van der Waals surface area contributed by atoms with Gasteiger partial charge in [0.1, 0.15) is 23.9 Å². The van der Waals surface area contributed by atoms with Crippen LogP contribution >= 0.6 is 15.9 Å². The van der Waals surface area contributed by atoms with Crippen molar-refractivity contribution in [2.24, 2.45) is 0 Å². The Balaban J connectivity index is 1.95. The van der Waals surface area contributed by atoms with Gasteiger partial charge in [-0.25, -0.2) is 9.18 Å². The molecular weight excluding hydrogens is 343 g/mol. The largest absolute Gasteiger partial charge is 0.496 e. The molecule has 0 radical (unpaired) electrons. The summed E-state index contributed by atoms with van der Waals surface area (Å²) in [7, 11) is 1.47. The van der Waals surface area contributed by atoms with Gasteiger partial charge in [0.25, 0.3) is 0 Å². The maximum absolute atomic E-state index is 13.2. The Kier molecular flexibility index (Phi) is 5.16. The van der Waals surface area contributed by atoms with Gasteiger partial charge < -0.3 is 13.9 Å². The van der Waals surface area contributed by atoms with Crippen molar-refractivity contribution < 1.29 is 23.1 Å². The fourth-order valence-electron chi connectivity index (χ4n) is 1.62. The molecule has 0 saturated heterocycles. The Hall–Kier alpha value is -2.08. The highest BCUT2D eigenvalue weighted by Gasteiger charge is 2.07. The van der Waals surface area contributed by atoms with E-state index in [1.54, 1.807) is 12.1 Å². The van der Waals surface area contributed by atoms with Gasteiger partial charge in [-0.3, -0.25) is 0 Å². The standard InChI is InChI=1S/C15H12BrFO4/c1-19-13-5-2-11(17)8-10(13)9-20-15(18)7-4-12-3-6-14(16)21-12/h2-8H,9H2,1H3/b7-4+. The van der Waals surface area contributed by atoms with Crippen LogP contribution in [0.4, 0.5) is 4.39 Å². The van der Waals surface area contributed by atoms with Gasteiger partial charge >= 0.3 is 5.97 Å². The molecule has 0 fully saturated rings. The van der Waals surface area contributed by atoms with E-state index < -0.39 is 11.8 Å². The van der Waals surface area contributed by atoms with Crippen molar-refractivity contribution in [2.45, 2.75) is 6.61 Å². The molecule has 0 N–H and O–H groups in total. The summed E-state index contributed by atoms with van der Waals surface area (Å²) in [6, 6.07) is 7.43. The Morgan fingerprint density at radius 1 is 1.38 bits per heavy atom. The van der Waals surface area contributed by atoms with Crippen molar-refractivity contribution >= 4 is 28.0 Å². The van der Waals surface area contributed by atoms with Gasteiger partial charge in [0.05, 0.1) is 7.11 Å². The Morgan fingerprint density at radius 3 is 2.86 bits per heavy atom. The van der Waals surface area contributed by atoms with Crippen molar-refractivity contribution in [3.63, 3.8) is 0 Å². The monoisotopic (exact) mass is 354 g/mol. The Bertz CT molecular complexity index is 663. The average molecular weight is 355 g/mol. The fourth-order valence-corrected chi connectivity index (χ4v) is 1.94. The smallest absolute Gasteiger partial charge is 0.331 e. The van der Waals surface area contributed by atoms with Crippen molar-refractivity contribution in [3.05, 3.63) is 58.2 Å². The minimum atomic E-state index is -0.561. The summed E-state index contributed by atoms with van der Waals surface area (Å²) in [4.78, 5) is 11.6. The zero-order valence-electron chi connectivity index (χ0n) is 11.1. The molecular formula is C15H12BrFO4. The molecule has 1 aromatic carbocycles. The fraction of sp³-hybridized carbons (Fsp3) is 0.133. The van der Waals surface area contributed by atoms with Crippen LogP contribution in [0.5, 0.6) is 5.75 Å². The molecule has 0 amide bonds. The van der Waals surface area contributed by atoms with Crippen LogP contribution in [0.1, 0.15) is 11.3 Å². The van der Waals surface area contributed by atoms with E-state index in [0.717, 1.165) is 0 Å². The molecule has 0 unspecified atom stereocenters. The summed E-state index contributed by atoms with van der Waals surface area (Å²) in [6.07, 6.45) is 2.72. The number of halogens is 2. The molecule has 0 aliphatic heterocycles. The van der Waals surface area contributed by atoms with Crippen LogP contribution in [0, 0.1) is 5.82 Å². The Labute approximate surface area is 129 Å². The molecule has 1 heterocycles. The second-order valence-electron chi connectivity index (χ2n) is 4.04. The number of ether oxygens (including phenoxy) is 2. The van der Waals surface area contributed by atoms with Crippen LogP contribution in [-0.4, -0.2) is 13.1 Å². The van der Waals surface area contributed by atoms with E-state index in [2.05, 4.69) is 15.9 Å². The van der Waals surface area contributed by atoms with Crippen molar-refractivity contribution in [3.8, 4) is 5.75 Å². The van der Waals surface area contributed by atoms with Gasteiger partial charge in [0.15, 0.2) is 4.67 Å². The normalized spacial score (nSPS) is 10.8. The predicted molar refractivity (Wildman–Crippen MR) is 78.2 cm³/mol. The first kappa shape index (κ1) is 15.3. The maximum Gasteiger partial charge on any atom is 0.331 e. The lowest BCUT2D eigenvalue weighted by atomic mass is 10.2. The van der Waals surface area contributed by atoms with Crippen molar-refractivity contribution in [1.82, 2.24) is 0 Å². The van der Waals surface area contributed by atoms with Crippen LogP contribution in [0.2, 0.25) is 0 Å². The molecule has 110 valence electrons. The van der Waals surface area contributed by atoms with Crippen LogP contribution in [0.25, 0.3) is 6.08 Å². The number of furan rings is 1. The molecule has 0 bridgehead atoms. The first-order chi connectivity index (χ1) is 10.1. The summed E-state index contributed by atoms with van der Waals surface area (Å²) in [5.41, 5.74) is 0.458. The lowest BCUT2D eigenvalue weighted by Gasteiger charge is -2.08. The number of rotatable bonds is 5. The molecule has 1 aromatic heterocycles. The highest BCUT2D eigenvalue weighted by Crippen LogP contribution is 2.20. The van der Waals surface area contributed by atoms with Gasteiger partial charge in [0.2, 0.25) is 0 Å². The van der Waals surface area contributed by atoms with Gasteiger partial charge in [-0.15, -0.1) is 0 Å². The van der Waals surface area contributed by atoms with E-state index in [4.69, 9.17) is 13.9 Å². The number of benzene rings is 1. The van der Waals surface area contributed by atoms with E-state index in [1.165, 1.54) is 37.5 Å². The van der Waals surface area contributed by atoms with E-state index in [9.17, 15) is 9.18 Å². The zero-order valence-corrected chi connectivity index (χ0v) is 12.7. The van der Waals surface area contributed by atoms with E-state index in [0.29, 0.717) is 21.7 Å². The van der Waals surface area contributed by atoms with Crippen LogP contribution < -0.4 is 4.74 Å². The third-order valence-corrected chi connectivity index (χ3v) is 3.02. The summed E-state index contributed by atoms with van der Waals surface area (Å²) in [5.74, 6) is -0.00281. The second kappa shape index (κ2) is 7.08. The van der Waals surface area contributed by atoms with Crippen LogP contribution in [0.15, 0.2) is 45.5 Å². The molecule has 2 rings (SSSR count). The predicted octanol–water partition coefficient (Wildman–Crippen LogP) is 3.95. The topological polar surface area (TPSA) is 48.7 Å². The van der Waals surface area contributed by atoms with Gasteiger partial charge in [-0.2, -0.15) is 0 Å². The van der Waals surface area contributed by atoms with Crippen LogP contribution in [-0.2, 0) is 16.1 Å². The van der Waals surface area contributed by atoms with E-state index in [-0.39, 0.29) is 6.61 Å². The summed E-state index contributed by atoms with van der Waals surface area (Å²) in [5, 5.41) is 0. The van der Waals surface area contributed by atoms with Crippen molar-refractivity contribution in [1.29, 1.82) is 0 Å². The number of carbonyl (C=O) groups is 1. The molecule has 0 aliphatic rings. The SMILES string of the molecule is COc1ccc(F)cc1COC(=O)/C=C/c1ccc(Br)o1. The highest BCUT2D eigenvalue weighted by atomic mass is 79.9. The molecule has 0 spiro atoms. The maximum atomic E-state index is 13.2. The van der Waals surface area contributed by atoms with E-state index in [1.807, 2.05) is 0 Å². The van der Waals surface area contributed by atoms with Gasteiger partial charge in [0, 0.05) is 11.6 Å². The molecule has 0 aliphatic carbocycles. The highest BCUT2D eigenvalue weighted by molar-refractivity contribution is 9.10. The third kappa shape index (κ3) is 4.46. The summed E-state index contributed by atoms with van der Waals surface area (Å²) >= 11 is 3.16. The molecule has 2 aromatic rings. The number of hydrogen-bond donors (Lipinski definition) is 0. The van der Waals surface area contributed by atoms with Crippen LogP contribution in [0.3, 0.4) is 0 Å². The number of carbonyl (C=O) groups excluding carboxylic acids is 1. The number of methoxy groups -OCH3 is 1. The lowest BCUT2D eigenvalue weighted by molar-refractivity contribution is -0.138. The number of esters is 1. The first-order valence-electron chi connectivity index (χ1n) is 6.01. The minimum absolute atomic E-state index is 0.0774. The Morgan fingerprint density at radius 2 is 2.19 bits per heavy atom. The molecule has 0 saturated carbocycles. The first-order valence-corrected chi connectivity index (χ1v) is 6.80. The minimum Gasteiger partial charge on any atom is -0.496 e. The number of hydrogen-bond acceptors (Lipinski definition) is 4. The molecule has 21 heavy (non-hydrogen) atoms. The molecule has 4 nitrogen and oxygen atoms in total. The summed E-state index contributed by atoms with van der Waals surface area (Å²) in [6.45, 7) is -0.0774. The zero-order chi connectivity index (χ0) is 15.2.